The fourth-order valence-electron chi connectivity index (χ4n) is 3.51. The number of benzene rings is 3. The van der Waals surface area contributed by atoms with E-state index >= 15 is 0 Å². The van der Waals surface area contributed by atoms with Crippen LogP contribution in [0.1, 0.15) is 23.1 Å². The number of nitrogens with two attached hydrogens (primary N) is 1. The van der Waals surface area contributed by atoms with Crippen molar-refractivity contribution in [2.24, 2.45) is 11.7 Å². The lowest BCUT2D eigenvalue weighted by Gasteiger charge is -2.22. The van der Waals surface area contributed by atoms with E-state index in [1.165, 1.54) is 0 Å². The van der Waals surface area contributed by atoms with Gasteiger partial charge in [0.15, 0.2) is 0 Å². The van der Waals surface area contributed by atoms with Crippen LogP contribution in [0.4, 0.5) is 0 Å². The van der Waals surface area contributed by atoms with Crippen molar-refractivity contribution < 1.29 is 19.7 Å². The predicted molar refractivity (Wildman–Crippen MR) is 121 cm³/mol. The molecule has 3 unspecified atom stereocenters. The molecular weight excluding hydrogens is 390 g/mol. The maximum atomic E-state index is 11.7. The quantitative estimate of drug-likeness (QED) is 0.439. The summed E-state index contributed by atoms with van der Waals surface area (Å²) in [5.41, 5.74) is 9.19. The molecule has 0 radical (unpaired) electrons. The molecule has 0 heterocycles. The van der Waals surface area contributed by atoms with E-state index in [2.05, 4.69) is 0 Å². The molecule has 162 valence electrons. The Morgan fingerprint density at radius 2 is 1.35 bits per heavy atom. The summed E-state index contributed by atoms with van der Waals surface area (Å²) in [4.78, 5) is 11.7. The summed E-state index contributed by atoms with van der Waals surface area (Å²) in [6.45, 7) is 0.496. The smallest absolute Gasteiger partial charge is 0.306 e. The number of aliphatic hydroxyl groups is 1. The van der Waals surface area contributed by atoms with Gasteiger partial charge in [0.2, 0.25) is 0 Å². The van der Waals surface area contributed by atoms with Crippen LogP contribution in [0.3, 0.4) is 0 Å². The van der Waals surface area contributed by atoms with Crippen LogP contribution in [0, 0.1) is 5.92 Å². The molecule has 0 aliphatic heterocycles. The summed E-state index contributed by atoms with van der Waals surface area (Å²) in [6.07, 6.45) is 0.0355. The lowest BCUT2D eigenvalue weighted by molar-refractivity contribution is -0.142. The summed E-state index contributed by atoms with van der Waals surface area (Å²) in [5.74, 6) is -0.845. The fourth-order valence-corrected chi connectivity index (χ4v) is 3.51. The summed E-state index contributed by atoms with van der Waals surface area (Å²) in [5, 5.41) is 20.1. The van der Waals surface area contributed by atoms with Crippen molar-refractivity contribution in [2.75, 3.05) is 0 Å². The van der Waals surface area contributed by atoms with Gasteiger partial charge in [0.25, 0.3) is 0 Å². The standard InChI is InChI=1S/C26H29NO4/c27-24(25(28)17-22(26(29)30)15-19-7-3-1-4-8-19)16-20-11-13-23(14-12-20)31-18-21-9-5-2-6-10-21/h1-14,22,24-25,28H,15-18,27H2,(H,29,30). The molecule has 3 aromatic rings. The minimum absolute atomic E-state index is 0.115. The van der Waals surface area contributed by atoms with Gasteiger partial charge < -0.3 is 20.7 Å². The number of hydrogen-bond donors (Lipinski definition) is 3. The lowest BCUT2D eigenvalue weighted by atomic mass is 9.90. The molecule has 0 aliphatic rings. The van der Waals surface area contributed by atoms with Crippen LogP contribution in [0.5, 0.6) is 5.75 Å². The lowest BCUT2D eigenvalue weighted by Crippen LogP contribution is -2.39. The molecule has 0 saturated heterocycles. The molecule has 31 heavy (non-hydrogen) atoms. The van der Waals surface area contributed by atoms with Crippen LogP contribution < -0.4 is 10.5 Å². The first kappa shape index (κ1) is 22.5. The number of hydrogen-bond acceptors (Lipinski definition) is 4. The first-order valence-electron chi connectivity index (χ1n) is 10.5. The average molecular weight is 420 g/mol. The molecule has 0 amide bonds. The highest BCUT2D eigenvalue weighted by Crippen LogP contribution is 2.19. The van der Waals surface area contributed by atoms with E-state index in [1.54, 1.807) is 0 Å². The van der Waals surface area contributed by atoms with Gasteiger partial charge in [0.05, 0.1) is 12.0 Å². The second-order valence-corrected chi connectivity index (χ2v) is 7.81. The first-order valence-corrected chi connectivity index (χ1v) is 10.5. The number of aliphatic carboxylic acids is 1. The van der Waals surface area contributed by atoms with E-state index in [-0.39, 0.29) is 6.42 Å². The normalized spacial score (nSPS) is 13.9. The van der Waals surface area contributed by atoms with Crippen molar-refractivity contribution in [2.45, 2.75) is 38.0 Å². The Morgan fingerprint density at radius 1 is 0.806 bits per heavy atom. The molecule has 3 aromatic carbocycles. The fraction of sp³-hybridized carbons (Fsp3) is 0.269. The molecule has 0 spiro atoms. The topological polar surface area (TPSA) is 92.8 Å². The van der Waals surface area contributed by atoms with Crippen molar-refractivity contribution in [1.29, 1.82) is 0 Å². The van der Waals surface area contributed by atoms with E-state index in [1.807, 2.05) is 84.9 Å². The van der Waals surface area contributed by atoms with Crippen molar-refractivity contribution in [3.8, 4) is 5.75 Å². The van der Waals surface area contributed by atoms with E-state index < -0.39 is 24.0 Å². The Kier molecular flexibility index (Phi) is 8.21. The van der Waals surface area contributed by atoms with Crippen LogP contribution in [0.2, 0.25) is 0 Å². The maximum Gasteiger partial charge on any atom is 0.306 e. The number of carboxylic acid groups (broad SMARTS) is 1. The number of ether oxygens (including phenoxy) is 1. The highest BCUT2D eigenvalue weighted by molar-refractivity contribution is 5.70. The monoisotopic (exact) mass is 419 g/mol. The molecular formula is C26H29NO4. The Morgan fingerprint density at radius 3 is 1.94 bits per heavy atom. The van der Waals surface area contributed by atoms with Gasteiger partial charge in [-0.3, -0.25) is 4.79 Å². The molecule has 0 bridgehead atoms. The molecule has 3 rings (SSSR count). The average Bonchev–Trinajstić information content (AvgIpc) is 2.79. The number of carboxylic acids is 1. The van der Waals surface area contributed by atoms with E-state index in [0.717, 1.165) is 22.4 Å². The van der Waals surface area contributed by atoms with E-state index in [4.69, 9.17) is 10.5 Å². The Hall–Kier alpha value is -3.15. The van der Waals surface area contributed by atoms with Gasteiger partial charge in [-0.2, -0.15) is 0 Å². The van der Waals surface area contributed by atoms with Gasteiger partial charge in [0.1, 0.15) is 12.4 Å². The highest BCUT2D eigenvalue weighted by Gasteiger charge is 2.25. The molecule has 0 saturated carbocycles. The van der Waals surface area contributed by atoms with E-state index in [9.17, 15) is 15.0 Å². The Balaban J connectivity index is 1.51. The van der Waals surface area contributed by atoms with Crippen molar-refractivity contribution in [1.82, 2.24) is 0 Å². The van der Waals surface area contributed by atoms with Crippen LogP contribution in [0.25, 0.3) is 0 Å². The van der Waals surface area contributed by atoms with Gasteiger partial charge in [0, 0.05) is 6.04 Å². The summed E-state index contributed by atoms with van der Waals surface area (Å²) < 4.78 is 5.79. The molecule has 5 nitrogen and oxygen atoms in total. The second-order valence-electron chi connectivity index (χ2n) is 7.81. The maximum absolute atomic E-state index is 11.7. The number of rotatable bonds is 11. The van der Waals surface area contributed by atoms with Crippen molar-refractivity contribution in [3.63, 3.8) is 0 Å². The summed E-state index contributed by atoms with van der Waals surface area (Å²) >= 11 is 0. The van der Waals surface area contributed by atoms with Gasteiger partial charge in [-0.05, 0) is 48.1 Å². The zero-order valence-corrected chi connectivity index (χ0v) is 17.4. The van der Waals surface area contributed by atoms with Crippen molar-refractivity contribution >= 4 is 5.97 Å². The Labute approximate surface area is 183 Å². The zero-order valence-electron chi connectivity index (χ0n) is 17.4. The molecule has 5 heteroatoms. The third kappa shape index (κ3) is 7.24. The molecule has 3 atom stereocenters. The summed E-state index contributed by atoms with van der Waals surface area (Å²) in [6, 6.07) is 26.4. The number of carbonyl (C=O) groups is 1. The molecule has 4 N–H and O–H groups in total. The van der Waals surface area contributed by atoms with Gasteiger partial charge in [-0.15, -0.1) is 0 Å². The molecule has 0 aromatic heterocycles. The summed E-state index contributed by atoms with van der Waals surface area (Å²) in [7, 11) is 0. The van der Waals surface area contributed by atoms with Gasteiger partial charge in [-0.1, -0.05) is 72.8 Å². The zero-order chi connectivity index (χ0) is 22.1. The third-order valence-corrected chi connectivity index (χ3v) is 5.34. The van der Waals surface area contributed by atoms with Crippen molar-refractivity contribution in [3.05, 3.63) is 102 Å². The SMILES string of the molecule is NC(Cc1ccc(OCc2ccccc2)cc1)C(O)CC(Cc1ccccc1)C(=O)O. The second kappa shape index (κ2) is 11.3. The van der Waals surface area contributed by atoms with Crippen LogP contribution >= 0.6 is 0 Å². The van der Waals surface area contributed by atoms with Gasteiger partial charge >= 0.3 is 5.97 Å². The largest absolute Gasteiger partial charge is 0.489 e. The predicted octanol–water partition coefficient (Wildman–Crippen LogP) is 3.83. The molecule has 0 aliphatic carbocycles. The third-order valence-electron chi connectivity index (χ3n) is 5.34. The minimum atomic E-state index is -0.921. The van der Waals surface area contributed by atoms with Gasteiger partial charge in [-0.25, -0.2) is 0 Å². The highest BCUT2D eigenvalue weighted by atomic mass is 16.5. The van der Waals surface area contributed by atoms with E-state index in [0.29, 0.717) is 19.4 Å². The first-order chi connectivity index (χ1) is 15.0. The Bertz CT molecular complexity index is 929. The van der Waals surface area contributed by atoms with Crippen LogP contribution in [-0.4, -0.2) is 28.3 Å². The van der Waals surface area contributed by atoms with Crippen LogP contribution in [0.15, 0.2) is 84.9 Å². The van der Waals surface area contributed by atoms with Crippen LogP contribution in [-0.2, 0) is 24.2 Å². The molecule has 0 fully saturated rings. The minimum Gasteiger partial charge on any atom is -0.489 e. The number of aliphatic hydroxyl groups excluding tert-OH is 1.